The largest absolute Gasteiger partial charge is 0.507 e. The van der Waals surface area contributed by atoms with Gasteiger partial charge >= 0.3 is 0 Å². The number of nitrogens with zero attached hydrogens (tertiary/aromatic N) is 10. The summed E-state index contributed by atoms with van der Waals surface area (Å²) in [5.74, 6) is 1.05. The molecule has 0 radical (unpaired) electrons. The number of carbonyl (C=O) groups excluding carboxylic acids is 2. The number of ether oxygens (including phenoxy) is 1. The lowest BCUT2D eigenvalue weighted by molar-refractivity contribution is -0.141. The Hall–Kier alpha value is -5.74. The highest BCUT2D eigenvalue weighted by atomic mass is 32.1. The molecule has 0 unspecified atom stereocenters. The van der Waals surface area contributed by atoms with Gasteiger partial charge < -0.3 is 55.2 Å². The van der Waals surface area contributed by atoms with E-state index in [1.165, 1.54) is 0 Å². The minimum Gasteiger partial charge on any atom is -0.507 e. The summed E-state index contributed by atoms with van der Waals surface area (Å²) < 4.78 is 12.7. The van der Waals surface area contributed by atoms with Crippen molar-refractivity contribution in [1.82, 2.24) is 45.3 Å². The highest BCUT2D eigenvalue weighted by molar-refractivity contribution is 7.13. The number of hydrogen-bond donors (Lipinski definition) is 5. The number of rotatable bonds is 17. The molecule has 20 heteroatoms. The number of phenols is 1. The molecule has 1 saturated carbocycles. The number of thiazole rings is 1. The number of carbonyl (C=O) groups is 2. The Kier molecular flexibility index (Phi) is 17.1. The number of aromatic hydroxyl groups is 1. The smallest absolute Gasteiger partial charge is 0.243 e. The maximum Gasteiger partial charge on any atom is 0.243 e. The number of nitrogens with one attached hydrogen (secondary N) is 1. The van der Waals surface area contributed by atoms with Crippen LogP contribution in [0.25, 0.3) is 21.7 Å². The first-order valence-electron chi connectivity index (χ1n) is 29.4. The molecule has 6 aliphatic rings. The molecule has 0 bridgehead atoms. The van der Waals surface area contributed by atoms with Crippen LogP contribution >= 0.6 is 11.3 Å². The van der Waals surface area contributed by atoms with Crippen molar-refractivity contribution in [3.63, 3.8) is 0 Å². The molecule has 80 heavy (non-hydrogen) atoms. The molecule has 11 rings (SSSR count). The summed E-state index contributed by atoms with van der Waals surface area (Å²) in [7, 11) is 0. The Bertz CT molecular complexity index is 2880. The van der Waals surface area contributed by atoms with E-state index >= 15 is 0 Å². The summed E-state index contributed by atoms with van der Waals surface area (Å²) in [4.78, 5) is 47.4. The summed E-state index contributed by atoms with van der Waals surface area (Å²) in [6.07, 6.45) is 7.82. The quantitative estimate of drug-likeness (QED) is 0.0688. The standard InChI is InChI=1S/C60H82N12O7S/c1-38(2)55(59(76)72-35-45(73)31-51(72)58(75)63-39(3)42-9-11-43(12-10-42)56-40(4)62-37-80-56)53-33-54(66-79-53)71-21-13-41(14-22-71)34-67-19-15-46(16-20-67)78-47-29-44(30-47)69-27-25-68(26-28-69)36-60(77)17-23-70(24-18-60)50-32-49(64-65-57(50)61)48-7-5-6-8-52(48)74/h5-12,32-33,37-39,41,44-47,51,55,73-74,77H,13-31,34-36H2,1-4H3,(H2,61,65)(H,63,75)/t39-,44?,45+,47?,51-,55+/m0/s1. The number of hydrogen-bond acceptors (Lipinski definition) is 18. The maximum atomic E-state index is 14.4. The highest BCUT2D eigenvalue weighted by Gasteiger charge is 2.45. The zero-order valence-corrected chi connectivity index (χ0v) is 47.9. The van der Waals surface area contributed by atoms with Gasteiger partial charge in [-0.05, 0) is 106 Å². The minimum atomic E-state index is -0.799. The number of β-amino-alcohol motifs (C(OH)–C–C–N with tert-alkyl or cyclic N) is 2. The molecule has 3 aromatic heterocycles. The van der Waals surface area contributed by atoms with Crippen molar-refractivity contribution < 1.29 is 34.2 Å². The van der Waals surface area contributed by atoms with Gasteiger partial charge in [0.2, 0.25) is 11.8 Å². The molecule has 430 valence electrons. The number of piperazine rings is 1. The zero-order chi connectivity index (χ0) is 55.7. The van der Waals surface area contributed by atoms with E-state index in [0.717, 1.165) is 131 Å². The van der Waals surface area contributed by atoms with Crippen LogP contribution in [0.3, 0.4) is 0 Å². The van der Waals surface area contributed by atoms with Gasteiger partial charge in [0.15, 0.2) is 17.4 Å². The number of nitrogens with two attached hydrogens (primary N) is 1. The number of phenolic OH excluding ortho intramolecular Hbond substituents is 1. The zero-order valence-electron chi connectivity index (χ0n) is 47.0. The average Bonchev–Trinajstić information content (AvgIpc) is 4.22. The van der Waals surface area contributed by atoms with Crippen molar-refractivity contribution in [3.8, 4) is 27.4 Å². The predicted molar refractivity (Wildman–Crippen MR) is 309 cm³/mol. The molecular weight excluding hydrogens is 1030 g/mol. The fourth-order valence-electron chi connectivity index (χ4n) is 13.3. The van der Waals surface area contributed by atoms with Gasteiger partial charge in [0.25, 0.3) is 0 Å². The molecule has 6 fully saturated rings. The summed E-state index contributed by atoms with van der Waals surface area (Å²) >= 11 is 1.60. The van der Waals surface area contributed by atoms with Crippen molar-refractivity contribution >= 4 is 40.5 Å². The molecule has 5 saturated heterocycles. The number of piperidine rings is 3. The van der Waals surface area contributed by atoms with E-state index in [-0.39, 0.29) is 42.5 Å². The van der Waals surface area contributed by atoms with Crippen LogP contribution in [0.5, 0.6) is 5.75 Å². The van der Waals surface area contributed by atoms with Gasteiger partial charge in [0.05, 0.1) is 57.4 Å². The Balaban J connectivity index is 0.571. The lowest BCUT2D eigenvalue weighted by atomic mass is 9.86. The van der Waals surface area contributed by atoms with E-state index in [9.17, 15) is 24.9 Å². The first kappa shape index (κ1) is 56.1. The van der Waals surface area contributed by atoms with Crippen molar-refractivity contribution in [2.24, 2.45) is 11.8 Å². The van der Waals surface area contributed by atoms with Crippen LogP contribution < -0.4 is 20.9 Å². The molecule has 4 atom stereocenters. The SMILES string of the molecule is Cc1ncsc1-c1ccc([C@H](C)NC(=O)[C@@H]2C[C@@H](O)CN2C(=O)[C@@H](c2cc(N3CCC(CN4CCC(OC5CC(N6CCN(CC7(O)CCN(c8cc(-c9ccccc9O)nnc8N)CC7)CC6)C5)CC4)CC3)no2)C(C)C)cc1. The molecule has 5 aliphatic heterocycles. The topological polar surface area (TPSA) is 226 Å². The van der Waals surface area contributed by atoms with E-state index in [0.29, 0.717) is 79.5 Å². The molecule has 2 aromatic carbocycles. The molecule has 19 nitrogen and oxygen atoms in total. The van der Waals surface area contributed by atoms with Crippen LogP contribution in [0.2, 0.25) is 0 Å². The van der Waals surface area contributed by atoms with E-state index in [1.807, 2.05) is 81.7 Å². The van der Waals surface area contributed by atoms with E-state index in [2.05, 4.69) is 50.2 Å². The Morgan fingerprint density at radius 2 is 1.59 bits per heavy atom. The number of aliphatic hydroxyl groups is 2. The Morgan fingerprint density at radius 1 is 0.863 bits per heavy atom. The fourth-order valence-corrected chi connectivity index (χ4v) is 14.1. The molecule has 0 spiro atoms. The van der Waals surface area contributed by atoms with Crippen LogP contribution in [0.1, 0.15) is 108 Å². The number of amides is 2. The first-order chi connectivity index (χ1) is 38.6. The first-order valence-corrected chi connectivity index (χ1v) is 30.3. The number of nitrogen functional groups attached to an aromatic ring is 1. The van der Waals surface area contributed by atoms with E-state index in [1.54, 1.807) is 28.4 Å². The summed E-state index contributed by atoms with van der Waals surface area (Å²) in [6, 6.07) is 18.5. The summed E-state index contributed by atoms with van der Waals surface area (Å²) in [5.41, 5.74) is 12.4. The van der Waals surface area contributed by atoms with Gasteiger partial charge in [0.1, 0.15) is 17.7 Å². The van der Waals surface area contributed by atoms with Crippen LogP contribution in [0, 0.1) is 18.8 Å². The van der Waals surface area contributed by atoms with Gasteiger partial charge in [-0.2, -0.15) is 0 Å². The normalized spacial score (nSPS) is 24.5. The Morgan fingerprint density at radius 3 is 2.27 bits per heavy atom. The molecule has 1 aliphatic carbocycles. The number of aryl methyl sites for hydroxylation is 1. The van der Waals surface area contributed by atoms with Gasteiger partial charge in [0, 0.05) is 109 Å². The van der Waals surface area contributed by atoms with Crippen molar-refractivity contribution in [1.29, 1.82) is 0 Å². The Labute approximate surface area is 474 Å². The molecular formula is C60H82N12O7S. The fraction of sp³-hybridized carbons (Fsp3) is 0.600. The van der Waals surface area contributed by atoms with Crippen LogP contribution in [0.4, 0.5) is 17.3 Å². The van der Waals surface area contributed by atoms with Gasteiger partial charge in [-0.15, -0.1) is 21.5 Å². The predicted octanol–water partition coefficient (Wildman–Crippen LogP) is 6.31. The van der Waals surface area contributed by atoms with Gasteiger partial charge in [-0.3, -0.25) is 19.4 Å². The second-order valence-corrected chi connectivity index (χ2v) is 25.0. The minimum absolute atomic E-state index is 0.0884. The van der Waals surface area contributed by atoms with E-state index < -0.39 is 23.7 Å². The average molecular weight is 1120 g/mol. The number of likely N-dealkylation sites (tertiary alicyclic amines) is 2. The number of benzene rings is 2. The number of anilines is 3. The number of aliphatic hydroxyl groups excluding tert-OH is 1. The lowest BCUT2D eigenvalue weighted by Crippen LogP contribution is -2.59. The van der Waals surface area contributed by atoms with Crippen LogP contribution in [-0.4, -0.2) is 188 Å². The third kappa shape index (κ3) is 12.7. The molecule has 5 aromatic rings. The monoisotopic (exact) mass is 1110 g/mol. The van der Waals surface area contributed by atoms with Crippen molar-refractivity contribution in [3.05, 3.63) is 83.2 Å². The second kappa shape index (κ2) is 24.4. The maximum absolute atomic E-state index is 14.4. The van der Waals surface area contributed by atoms with Crippen LogP contribution in [0.15, 0.2) is 70.7 Å². The van der Waals surface area contributed by atoms with Gasteiger partial charge in [-0.25, -0.2) is 4.98 Å². The van der Waals surface area contributed by atoms with Gasteiger partial charge in [-0.1, -0.05) is 55.4 Å². The molecule has 6 N–H and O–H groups in total. The summed E-state index contributed by atoms with van der Waals surface area (Å²) in [6.45, 7) is 18.9. The highest BCUT2D eigenvalue weighted by Crippen LogP contribution is 2.38. The third-order valence-electron chi connectivity index (χ3n) is 18.3. The molecule has 2 amide bonds. The van der Waals surface area contributed by atoms with Crippen LogP contribution in [-0.2, 0) is 14.3 Å². The lowest BCUT2D eigenvalue weighted by Gasteiger charge is -2.49. The second-order valence-electron chi connectivity index (χ2n) is 24.2. The van der Waals surface area contributed by atoms with E-state index in [4.69, 9.17) is 15.0 Å². The third-order valence-corrected chi connectivity index (χ3v) is 19.3. The number of para-hydroxylation sites is 1. The van der Waals surface area contributed by atoms with Crippen molar-refractivity contribution in [2.75, 3.05) is 101 Å². The number of aromatic nitrogens is 4. The van der Waals surface area contributed by atoms with Crippen molar-refractivity contribution in [2.45, 2.75) is 133 Å². The summed E-state index contributed by atoms with van der Waals surface area (Å²) in [5, 5.41) is 48.9. The molecule has 8 heterocycles.